The summed E-state index contributed by atoms with van der Waals surface area (Å²) in [7, 11) is 1.69. The molecule has 0 heterocycles. The van der Waals surface area contributed by atoms with E-state index in [0.29, 0.717) is 6.54 Å². The van der Waals surface area contributed by atoms with Gasteiger partial charge in [0, 0.05) is 20.0 Å². The molecule has 1 aliphatic carbocycles. The predicted octanol–water partition coefficient (Wildman–Crippen LogP) is 2.42. The minimum atomic E-state index is -0.826. The minimum absolute atomic E-state index is 0.0461. The van der Waals surface area contributed by atoms with Crippen molar-refractivity contribution in [3.05, 3.63) is 0 Å². The summed E-state index contributed by atoms with van der Waals surface area (Å²) < 4.78 is 0. The fourth-order valence-corrected chi connectivity index (χ4v) is 3.05. The van der Waals surface area contributed by atoms with Gasteiger partial charge in [-0.2, -0.15) is 5.26 Å². The maximum Gasteiger partial charge on any atom is 0.303 e. The molecule has 0 bridgehead atoms. The lowest BCUT2D eigenvalue weighted by atomic mass is 9.69. The van der Waals surface area contributed by atoms with Crippen molar-refractivity contribution < 1.29 is 14.7 Å². The van der Waals surface area contributed by atoms with Gasteiger partial charge in [-0.15, -0.1) is 0 Å². The number of nitrogens with zero attached hydrogens (tertiary/aromatic N) is 2. The molecule has 1 atom stereocenters. The number of carbonyl (C=O) groups excluding carboxylic acids is 1. The molecule has 0 aliphatic heterocycles. The number of rotatable bonds is 6. The van der Waals surface area contributed by atoms with E-state index in [0.717, 1.165) is 32.1 Å². The molecular formula is C15H24N2O3. The Morgan fingerprint density at radius 2 is 1.90 bits per heavy atom. The Morgan fingerprint density at radius 3 is 2.40 bits per heavy atom. The van der Waals surface area contributed by atoms with Crippen molar-refractivity contribution in [1.82, 2.24) is 4.90 Å². The highest BCUT2D eigenvalue weighted by Gasteiger charge is 2.37. The van der Waals surface area contributed by atoms with Crippen molar-refractivity contribution in [2.24, 2.45) is 11.3 Å². The van der Waals surface area contributed by atoms with Crippen LogP contribution >= 0.6 is 0 Å². The van der Waals surface area contributed by atoms with Crippen molar-refractivity contribution in [2.45, 2.75) is 51.9 Å². The molecule has 1 amide bonds. The third kappa shape index (κ3) is 4.84. The zero-order valence-electron chi connectivity index (χ0n) is 12.4. The van der Waals surface area contributed by atoms with Gasteiger partial charge in [0.05, 0.1) is 18.4 Å². The molecule has 5 heteroatoms. The van der Waals surface area contributed by atoms with Crippen molar-refractivity contribution >= 4 is 11.9 Å². The number of carboxylic acids is 1. The van der Waals surface area contributed by atoms with E-state index in [1.807, 2.05) is 0 Å². The van der Waals surface area contributed by atoms with Gasteiger partial charge in [0.1, 0.15) is 0 Å². The second kappa shape index (κ2) is 7.28. The Labute approximate surface area is 120 Å². The van der Waals surface area contributed by atoms with Crippen LogP contribution in [0.3, 0.4) is 0 Å². The Bertz CT molecular complexity index is 394. The number of hydrogen-bond acceptors (Lipinski definition) is 3. The van der Waals surface area contributed by atoms with E-state index in [1.165, 1.54) is 0 Å². The highest BCUT2D eigenvalue weighted by atomic mass is 16.4. The van der Waals surface area contributed by atoms with Crippen LogP contribution in [0.25, 0.3) is 0 Å². The molecule has 1 fully saturated rings. The van der Waals surface area contributed by atoms with Crippen molar-refractivity contribution in [2.75, 3.05) is 13.6 Å². The predicted molar refractivity (Wildman–Crippen MR) is 74.8 cm³/mol. The third-order valence-corrected chi connectivity index (χ3v) is 4.16. The van der Waals surface area contributed by atoms with E-state index in [-0.39, 0.29) is 30.1 Å². The standard InChI is InChI=1S/C15H24N2O3/c1-12(10-16)11-17(2)13(18)8-15(9-14(19)20)6-4-3-5-7-15/h12H,3-9,11H2,1-2H3,(H,19,20). The van der Waals surface area contributed by atoms with Crippen molar-refractivity contribution in [3.63, 3.8) is 0 Å². The van der Waals surface area contributed by atoms with Gasteiger partial charge in [0.2, 0.25) is 5.91 Å². The lowest BCUT2D eigenvalue weighted by molar-refractivity contribution is -0.142. The molecule has 0 aromatic heterocycles. The highest BCUT2D eigenvalue weighted by Crippen LogP contribution is 2.42. The molecule has 0 saturated heterocycles. The second-order valence-corrected chi connectivity index (χ2v) is 6.11. The quantitative estimate of drug-likeness (QED) is 0.810. The van der Waals surface area contributed by atoms with Crippen molar-refractivity contribution in [3.8, 4) is 6.07 Å². The van der Waals surface area contributed by atoms with Crippen LogP contribution in [0, 0.1) is 22.7 Å². The summed E-state index contributed by atoms with van der Waals surface area (Å²) in [6.45, 7) is 2.18. The van der Waals surface area contributed by atoms with E-state index < -0.39 is 5.97 Å². The zero-order chi connectivity index (χ0) is 15.2. The molecular weight excluding hydrogens is 256 g/mol. The van der Waals surface area contributed by atoms with Gasteiger partial charge in [-0.25, -0.2) is 0 Å². The summed E-state index contributed by atoms with van der Waals surface area (Å²) in [6.07, 6.45) is 5.10. The maximum absolute atomic E-state index is 12.3. The molecule has 5 nitrogen and oxygen atoms in total. The van der Waals surface area contributed by atoms with Gasteiger partial charge in [0.25, 0.3) is 0 Å². The normalized spacial score (nSPS) is 18.9. The first-order valence-corrected chi connectivity index (χ1v) is 7.24. The Kier molecular flexibility index (Phi) is 6.00. The van der Waals surface area contributed by atoms with Crippen LogP contribution in [0.15, 0.2) is 0 Å². The fraction of sp³-hybridized carbons (Fsp3) is 0.800. The number of carboxylic acid groups (broad SMARTS) is 1. The van der Waals surface area contributed by atoms with E-state index >= 15 is 0 Å². The molecule has 1 rings (SSSR count). The van der Waals surface area contributed by atoms with Crippen molar-refractivity contribution in [1.29, 1.82) is 5.26 Å². The van der Waals surface area contributed by atoms with Crippen LogP contribution < -0.4 is 0 Å². The topological polar surface area (TPSA) is 81.4 Å². The van der Waals surface area contributed by atoms with Gasteiger partial charge in [-0.3, -0.25) is 9.59 Å². The SMILES string of the molecule is CC(C#N)CN(C)C(=O)CC1(CC(=O)O)CCCCC1. The lowest BCUT2D eigenvalue weighted by Crippen LogP contribution is -2.37. The van der Waals surface area contributed by atoms with Crippen LogP contribution in [0.4, 0.5) is 0 Å². The number of aliphatic carboxylic acids is 1. The summed E-state index contributed by atoms with van der Waals surface area (Å²) in [4.78, 5) is 24.9. The van der Waals surface area contributed by atoms with Crippen LogP contribution in [0.2, 0.25) is 0 Å². The van der Waals surface area contributed by atoms with Crippen LogP contribution in [0.5, 0.6) is 0 Å². The fourth-order valence-electron chi connectivity index (χ4n) is 3.05. The molecule has 20 heavy (non-hydrogen) atoms. The number of amides is 1. The van der Waals surface area contributed by atoms with Gasteiger partial charge in [-0.05, 0) is 25.2 Å². The number of hydrogen-bond donors (Lipinski definition) is 1. The molecule has 0 radical (unpaired) electrons. The number of nitriles is 1. The van der Waals surface area contributed by atoms with E-state index in [9.17, 15) is 9.59 Å². The molecule has 1 unspecified atom stereocenters. The molecule has 0 spiro atoms. The summed E-state index contributed by atoms with van der Waals surface area (Å²) in [5.74, 6) is -1.08. The van der Waals surface area contributed by atoms with Gasteiger partial charge >= 0.3 is 5.97 Å². The van der Waals surface area contributed by atoms with E-state index in [2.05, 4.69) is 6.07 Å². The average molecular weight is 280 g/mol. The smallest absolute Gasteiger partial charge is 0.303 e. The van der Waals surface area contributed by atoms with Gasteiger partial charge in [0.15, 0.2) is 0 Å². The highest BCUT2D eigenvalue weighted by molar-refractivity contribution is 5.78. The molecule has 1 saturated carbocycles. The Morgan fingerprint density at radius 1 is 1.30 bits per heavy atom. The second-order valence-electron chi connectivity index (χ2n) is 6.11. The van der Waals surface area contributed by atoms with Crippen LogP contribution in [-0.4, -0.2) is 35.5 Å². The van der Waals surface area contributed by atoms with Crippen LogP contribution in [0.1, 0.15) is 51.9 Å². The third-order valence-electron chi connectivity index (χ3n) is 4.16. The monoisotopic (exact) mass is 280 g/mol. The summed E-state index contributed by atoms with van der Waals surface area (Å²) in [5, 5.41) is 17.9. The molecule has 0 aromatic rings. The largest absolute Gasteiger partial charge is 0.481 e. The summed E-state index contributed by atoms with van der Waals surface area (Å²) >= 11 is 0. The first kappa shape index (κ1) is 16.5. The first-order valence-electron chi connectivity index (χ1n) is 7.24. The Balaban J connectivity index is 2.67. The minimum Gasteiger partial charge on any atom is -0.481 e. The summed E-state index contributed by atoms with van der Waals surface area (Å²) in [5.41, 5.74) is -0.384. The number of carbonyl (C=O) groups is 2. The van der Waals surface area contributed by atoms with Gasteiger partial charge < -0.3 is 10.0 Å². The molecule has 112 valence electrons. The Hall–Kier alpha value is -1.57. The molecule has 1 aliphatic rings. The summed E-state index contributed by atoms with van der Waals surface area (Å²) in [6, 6.07) is 2.11. The van der Waals surface area contributed by atoms with Gasteiger partial charge in [-0.1, -0.05) is 19.3 Å². The van der Waals surface area contributed by atoms with E-state index in [1.54, 1.807) is 18.9 Å². The lowest BCUT2D eigenvalue weighted by Gasteiger charge is -2.36. The molecule has 0 aromatic carbocycles. The zero-order valence-corrected chi connectivity index (χ0v) is 12.4. The first-order chi connectivity index (χ1) is 9.38. The van der Waals surface area contributed by atoms with Crippen LogP contribution in [-0.2, 0) is 9.59 Å². The molecule has 1 N–H and O–H groups in total. The maximum atomic E-state index is 12.3. The van der Waals surface area contributed by atoms with E-state index in [4.69, 9.17) is 10.4 Å². The average Bonchev–Trinajstić information content (AvgIpc) is 2.38.